The SMILES string of the molecule is CCC(CNC(=O)[C@H](NC(=O)OCC1c2ccccc2-c2ccccc21)c1ccccc1)C(=O)O. The molecule has 3 N–H and O–H groups in total. The van der Waals surface area contributed by atoms with Crippen LogP contribution in [0.2, 0.25) is 0 Å². The molecule has 0 aromatic heterocycles. The minimum absolute atomic E-state index is 0.0274. The molecule has 0 saturated heterocycles. The highest BCUT2D eigenvalue weighted by atomic mass is 16.5. The maximum absolute atomic E-state index is 12.9. The molecule has 35 heavy (non-hydrogen) atoms. The maximum atomic E-state index is 12.9. The number of carboxylic acids is 1. The van der Waals surface area contributed by atoms with Gasteiger partial charge in [0.15, 0.2) is 0 Å². The summed E-state index contributed by atoms with van der Waals surface area (Å²) in [6.07, 6.45) is -0.341. The van der Waals surface area contributed by atoms with Crippen molar-refractivity contribution in [2.24, 2.45) is 5.92 Å². The van der Waals surface area contributed by atoms with E-state index in [1.807, 2.05) is 42.5 Å². The second-order valence-corrected chi connectivity index (χ2v) is 8.50. The number of carbonyl (C=O) groups excluding carboxylic acids is 2. The molecule has 0 aliphatic heterocycles. The van der Waals surface area contributed by atoms with E-state index in [4.69, 9.17) is 4.74 Å². The lowest BCUT2D eigenvalue weighted by Crippen LogP contribution is -2.43. The number of amides is 2. The van der Waals surface area contributed by atoms with Gasteiger partial charge in [0.2, 0.25) is 5.91 Å². The Bertz CT molecular complexity index is 1170. The zero-order valence-electron chi connectivity index (χ0n) is 19.4. The summed E-state index contributed by atoms with van der Waals surface area (Å²) in [6.45, 7) is 1.84. The Morgan fingerprint density at radius 2 is 1.46 bits per heavy atom. The van der Waals surface area contributed by atoms with Gasteiger partial charge in [-0.2, -0.15) is 0 Å². The minimum atomic E-state index is -1.02. The molecule has 7 nitrogen and oxygen atoms in total. The Balaban J connectivity index is 1.45. The van der Waals surface area contributed by atoms with Gasteiger partial charge < -0.3 is 20.5 Å². The molecule has 1 aliphatic rings. The van der Waals surface area contributed by atoms with E-state index in [-0.39, 0.29) is 19.1 Å². The van der Waals surface area contributed by atoms with Crippen LogP contribution in [0.25, 0.3) is 11.1 Å². The molecule has 1 unspecified atom stereocenters. The quantitative estimate of drug-likeness (QED) is 0.426. The van der Waals surface area contributed by atoms with E-state index in [2.05, 4.69) is 22.8 Å². The first-order valence-corrected chi connectivity index (χ1v) is 11.7. The summed E-state index contributed by atoms with van der Waals surface area (Å²) in [5, 5.41) is 14.6. The van der Waals surface area contributed by atoms with Crippen LogP contribution in [0.5, 0.6) is 0 Å². The summed E-state index contributed by atoms with van der Waals surface area (Å²) >= 11 is 0. The zero-order chi connectivity index (χ0) is 24.8. The van der Waals surface area contributed by atoms with E-state index in [1.165, 1.54) is 0 Å². The molecule has 0 spiro atoms. The largest absolute Gasteiger partial charge is 0.481 e. The molecule has 0 saturated carbocycles. The predicted molar refractivity (Wildman–Crippen MR) is 132 cm³/mol. The summed E-state index contributed by atoms with van der Waals surface area (Å²) < 4.78 is 5.60. The van der Waals surface area contributed by atoms with Gasteiger partial charge in [-0.05, 0) is 34.2 Å². The molecule has 4 rings (SSSR count). The summed E-state index contributed by atoms with van der Waals surface area (Å²) in [7, 11) is 0. The summed E-state index contributed by atoms with van der Waals surface area (Å²) in [5.74, 6) is -2.28. The average molecular weight is 473 g/mol. The Labute approximate surface area is 204 Å². The third-order valence-electron chi connectivity index (χ3n) is 6.37. The summed E-state index contributed by atoms with van der Waals surface area (Å²) in [4.78, 5) is 37.0. The number of aliphatic carboxylic acids is 1. The van der Waals surface area contributed by atoms with Crippen LogP contribution >= 0.6 is 0 Å². The number of carbonyl (C=O) groups is 3. The summed E-state index contributed by atoms with van der Waals surface area (Å²) in [6, 6.07) is 23.9. The van der Waals surface area contributed by atoms with Gasteiger partial charge in [-0.15, -0.1) is 0 Å². The van der Waals surface area contributed by atoms with Crippen LogP contribution in [0.3, 0.4) is 0 Å². The molecule has 180 valence electrons. The van der Waals surface area contributed by atoms with E-state index in [9.17, 15) is 19.5 Å². The molecule has 0 fully saturated rings. The fraction of sp³-hybridized carbons (Fsp3) is 0.250. The number of nitrogens with one attached hydrogen (secondary N) is 2. The number of hydrogen-bond donors (Lipinski definition) is 3. The van der Waals surface area contributed by atoms with Gasteiger partial charge in [-0.25, -0.2) is 4.79 Å². The molecular weight excluding hydrogens is 444 g/mol. The molecule has 3 aromatic rings. The third kappa shape index (κ3) is 5.35. The van der Waals surface area contributed by atoms with Crippen molar-refractivity contribution >= 4 is 18.0 Å². The molecule has 1 aliphatic carbocycles. The normalized spacial score (nSPS) is 13.7. The first-order valence-electron chi connectivity index (χ1n) is 11.7. The zero-order valence-corrected chi connectivity index (χ0v) is 19.4. The van der Waals surface area contributed by atoms with Gasteiger partial charge >= 0.3 is 12.1 Å². The summed E-state index contributed by atoms with van der Waals surface area (Å²) in [5.41, 5.74) is 5.02. The van der Waals surface area contributed by atoms with Crippen LogP contribution in [0.1, 0.15) is 42.0 Å². The highest BCUT2D eigenvalue weighted by molar-refractivity contribution is 5.87. The van der Waals surface area contributed by atoms with Crippen LogP contribution in [0.15, 0.2) is 78.9 Å². The lowest BCUT2D eigenvalue weighted by atomic mass is 9.98. The molecule has 0 heterocycles. The van der Waals surface area contributed by atoms with Gasteiger partial charge in [-0.1, -0.05) is 85.8 Å². The number of benzene rings is 3. The van der Waals surface area contributed by atoms with Crippen molar-refractivity contribution in [2.75, 3.05) is 13.2 Å². The topological polar surface area (TPSA) is 105 Å². The van der Waals surface area contributed by atoms with Crippen LogP contribution in [-0.2, 0) is 14.3 Å². The van der Waals surface area contributed by atoms with E-state index < -0.39 is 29.9 Å². The minimum Gasteiger partial charge on any atom is -0.481 e. The van der Waals surface area contributed by atoms with Crippen molar-refractivity contribution in [1.29, 1.82) is 0 Å². The van der Waals surface area contributed by atoms with E-state index in [0.717, 1.165) is 22.3 Å². The first kappa shape index (κ1) is 24.0. The molecule has 0 bridgehead atoms. The van der Waals surface area contributed by atoms with Crippen LogP contribution in [-0.4, -0.2) is 36.2 Å². The maximum Gasteiger partial charge on any atom is 0.408 e. The number of alkyl carbamates (subject to hydrolysis) is 1. The van der Waals surface area contributed by atoms with E-state index in [1.54, 1.807) is 31.2 Å². The highest BCUT2D eigenvalue weighted by Crippen LogP contribution is 2.44. The number of hydrogen-bond acceptors (Lipinski definition) is 4. The molecule has 2 amide bonds. The predicted octanol–water partition coefficient (Wildman–Crippen LogP) is 4.49. The monoisotopic (exact) mass is 472 g/mol. The molecule has 2 atom stereocenters. The van der Waals surface area contributed by atoms with Gasteiger partial charge in [0, 0.05) is 12.5 Å². The number of rotatable bonds is 9. The van der Waals surface area contributed by atoms with Crippen molar-refractivity contribution in [3.05, 3.63) is 95.6 Å². The standard InChI is InChI=1S/C28H28N2O5/c1-2-18(27(32)33)16-29-26(31)25(19-10-4-3-5-11-19)30-28(34)35-17-24-22-14-8-6-12-20(22)21-13-7-9-15-23(21)24/h3-15,18,24-25H,2,16-17H2,1H3,(H,29,31)(H,30,34)(H,32,33)/t18?,25-/m1/s1. The van der Waals surface area contributed by atoms with Gasteiger partial charge in [0.25, 0.3) is 0 Å². The molecule has 3 aromatic carbocycles. The lowest BCUT2D eigenvalue weighted by Gasteiger charge is -2.21. The third-order valence-corrected chi connectivity index (χ3v) is 6.37. The Morgan fingerprint density at radius 1 is 0.886 bits per heavy atom. The first-order chi connectivity index (χ1) is 17.0. The lowest BCUT2D eigenvalue weighted by molar-refractivity contribution is -0.141. The molecule has 0 radical (unpaired) electrons. The Hall–Kier alpha value is -4.13. The molecular formula is C28H28N2O5. The van der Waals surface area contributed by atoms with Gasteiger partial charge in [0.05, 0.1) is 5.92 Å². The average Bonchev–Trinajstić information content (AvgIpc) is 3.20. The van der Waals surface area contributed by atoms with E-state index >= 15 is 0 Å². The number of carboxylic acid groups (broad SMARTS) is 1. The van der Waals surface area contributed by atoms with Crippen molar-refractivity contribution < 1.29 is 24.2 Å². The number of ether oxygens (including phenoxy) is 1. The Kier molecular flexibility index (Phi) is 7.45. The van der Waals surface area contributed by atoms with Crippen molar-refractivity contribution in [3.63, 3.8) is 0 Å². The van der Waals surface area contributed by atoms with E-state index in [0.29, 0.717) is 12.0 Å². The van der Waals surface area contributed by atoms with Crippen LogP contribution in [0.4, 0.5) is 4.79 Å². The van der Waals surface area contributed by atoms with Gasteiger partial charge in [0.1, 0.15) is 12.6 Å². The second-order valence-electron chi connectivity index (χ2n) is 8.50. The highest BCUT2D eigenvalue weighted by Gasteiger charge is 2.30. The fourth-order valence-electron chi connectivity index (χ4n) is 4.44. The molecule has 7 heteroatoms. The van der Waals surface area contributed by atoms with Crippen molar-refractivity contribution in [2.45, 2.75) is 25.3 Å². The number of fused-ring (bicyclic) bond motifs is 3. The smallest absolute Gasteiger partial charge is 0.408 e. The second kappa shape index (κ2) is 10.9. The van der Waals surface area contributed by atoms with Gasteiger partial charge in [-0.3, -0.25) is 9.59 Å². The van der Waals surface area contributed by atoms with Crippen molar-refractivity contribution in [1.82, 2.24) is 10.6 Å². The van der Waals surface area contributed by atoms with Crippen molar-refractivity contribution in [3.8, 4) is 11.1 Å². The van der Waals surface area contributed by atoms with Crippen LogP contribution < -0.4 is 10.6 Å². The van der Waals surface area contributed by atoms with Crippen LogP contribution in [0, 0.1) is 5.92 Å². The Morgan fingerprint density at radius 3 is 2.03 bits per heavy atom. The fourth-order valence-corrected chi connectivity index (χ4v) is 4.44.